The van der Waals surface area contributed by atoms with Gasteiger partial charge >= 0.3 is 5.97 Å². The minimum atomic E-state index is -0.0868. The highest BCUT2D eigenvalue weighted by Crippen LogP contribution is 2.17. The molecule has 0 spiro atoms. The van der Waals surface area contributed by atoms with Gasteiger partial charge in [-0.15, -0.1) is 0 Å². The van der Waals surface area contributed by atoms with E-state index >= 15 is 0 Å². The summed E-state index contributed by atoms with van der Waals surface area (Å²) in [5.41, 5.74) is 0. The molecule has 1 rings (SSSR count). The highest BCUT2D eigenvalue weighted by molar-refractivity contribution is 5.76. The van der Waals surface area contributed by atoms with Gasteiger partial charge in [0.1, 0.15) is 6.04 Å². The van der Waals surface area contributed by atoms with Crippen molar-refractivity contribution in [2.45, 2.75) is 32.7 Å². The van der Waals surface area contributed by atoms with E-state index in [2.05, 4.69) is 24.1 Å². The maximum Gasteiger partial charge on any atom is 0.323 e. The van der Waals surface area contributed by atoms with E-state index in [1.165, 1.54) is 7.11 Å². The molecule has 0 aromatic rings. The molecule has 0 bridgehead atoms. The van der Waals surface area contributed by atoms with Gasteiger partial charge in [-0.3, -0.25) is 9.69 Å². The maximum atomic E-state index is 11.8. The Bertz CT molecular complexity index is 213. The van der Waals surface area contributed by atoms with Crippen LogP contribution >= 0.6 is 0 Å². The van der Waals surface area contributed by atoms with Gasteiger partial charge in [0, 0.05) is 19.6 Å². The second kappa shape index (κ2) is 6.86. The van der Waals surface area contributed by atoms with Crippen molar-refractivity contribution in [3.05, 3.63) is 0 Å². The van der Waals surface area contributed by atoms with Gasteiger partial charge in [0.05, 0.1) is 7.11 Å². The molecule has 0 saturated carbocycles. The summed E-state index contributed by atoms with van der Waals surface area (Å²) in [6.07, 6.45) is 2.10. The van der Waals surface area contributed by atoms with Crippen LogP contribution in [0.5, 0.6) is 0 Å². The number of nitrogens with one attached hydrogen (secondary N) is 1. The van der Waals surface area contributed by atoms with Crippen LogP contribution in [-0.4, -0.2) is 50.2 Å². The lowest BCUT2D eigenvalue weighted by Crippen LogP contribution is -2.47. The van der Waals surface area contributed by atoms with Crippen molar-refractivity contribution in [2.24, 2.45) is 5.92 Å². The van der Waals surface area contributed by atoms with Gasteiger partial charge in [0.2, 0.25) is 0 Å². The van der Waals surface area contributed by atoms with Crippen molar-refractivity contribution < 1.29 is 9.53 Å². The summed E-state index contributed by atoms with van der Waals surface area (Å²) in [5, 5.41) is 3.35. The number of esters is 1. The number of rotatable bonds is 4. The molecule has 1 saturated heterocycles. The lowest BCUT2D eigenvalue weighted by molar-refractivity contribution is -0.149. The van der Waals surface area contributed by atoms with Gasteiger partial charge < -0.3 is 10.1 Å². The highest BCUT2D eigenvalue weighted by atomic mass is 16.5. The van der Waals surface area contributed by atoms with Crippen LogP contribution in [0.25, 0.3) is 0 Å². The number of ether oxygens (including phenoxy) is 1. The zero-order valence-corrected chi connectivity index (χ0v) is 10.7. The molecule has 2 unspecified atom stereocenters. The molecule has 1 aliphatic heterocycles. The second-order valence-electron chi connectivity index (χ2n) is 4.49. The first kappa shape index (κ1) is 13.5. The number of carbonyl (C=O) groups excluding carboxylic acids is 1. The minimum Gasteiger partial charge on any atom is -0.468 e. The van der Waals surface area contributed by atoms with Gasteiger partial charge in [-0.05, 0) is 18.9 Å². The summed E-state index contributed by atoms with van der Waals surface area (Å²) in [6.45, 7) is 8.17. The summed E-state index contributed by atoms with van der Waals surface area (Å²) in [4.78, 5) is 14.1. The first-order valence-electron chi connectivity index (χ1n) is 6.23. The van der Waals surface area contributed by atoms with Crippen LogP contribution in [0.3, 0.4) is 0 Å². The molecule has 2 atom stereocenters. The van der Waals surface area contributed by atoms with Gasteiger partial charge in [0.25, 0.3) is 0 Å². The maximum absolute atomic E-state index is 11.8. The number of carbonyl (C=O) groups is 1. The molecule has 16 heavy (non-hydrogen) atoms. The van der Waals surface area contributed by atoms with Gasteiger partial charge in [-0.25, -0.2) is 0 Å². The average molecular weight is 228 g/mol. The van der Waals surface area contributed by atoms with Crippen LogP contribution in [-0.2, 0) is 9.53 Å². The second-order valence-corrected chi connectivity index (χ2v) is 4.49. The molecule has 0 aromatic carbocycles. The van der Waals surface area contributed by atoms with Gasteiger partial charge in [0.15, 0.2) is 0 Å². The predicted octanol–water partition coefficient (Wildman–Crippen LogP) is 0.869. The molecule has 0 aromatic heterocycles. The fraction of sp³-hybridized carbons (Fsp3) is 0.917. The fourth-order valence-corrected chi connectivity index (χ4v) is 2.23. The van der Waals surface area contributed by atoms with E-state index in [1.807, 2.05) is 0 Å². The summed E-state index contributed by atoms with van der Waals surface area (Å²) in [6, 6.07) is -0.0742. The molecule has 1 aliphatic rings. The quantitative estimate of drug-likeness (QED) is 0.725. The van der Waals surface area contributed by atoms with Crippen LogP contribution in [0.15, 0.2) is 0 Å². The van der Waals surface area contributed by atoms with E-state index in [1.54, 1.807) is 0 Å². The topological polar surface area (TPSA) is 41.6 Å². The Morgan fingerprint density at radius 3 is 2.81 bits per heavy atom. The highest BCUT2D eigenvalue weighted by Gasteiger charge is 2.31. The van der Waals surface area contributed by atoms with Crippen LogP contribution in [0.1, 0.15) is 26.7 Å². The summed E-state index contributed by atoms with van der Waals surface area (Å²) < 4.78 is 4.93. The van der Waals surface area contributed by atoms with Gasteiger partial charge in [-0.1, -0.05) is 20.3 Å². The monoisotopic (exact) mass is 228 g/mol. The minimum absolute atomic E-state index is 0.0742. The van der Waals surface area contributed by atoms with Crippen LogP contribution < -0.4 is 5.32 Å². The zero-order valence-electron chi connectivity index (χ0n) is 10.7. The molecule has 0 radical (unpaired) electrons. The van der Waals surface area contributed by atoms with E-state index < -0.39 is 0 Å². The van der Waals surface area contributed by atoms with Crippen molar-refractivity contribution in [1.82, 2.24) is 10.2 Å². The molecule has 1 heterocycles. The molecule has 4 nitrogen and oxygen atoms in total. The summed E-state index contributed by atoms with van der Waals surface area (Å²) in [7, 11) is 1.48. The Hall–Kier alpha value is -0.610. The number of hydrogen-bond donors (Lipinski definition) is 1. The molecule has 0 aliphatic carbocycles. The van der Waals surface area contributed by atoms with Crippen LogP contribution in [0.4, 0.5) is 0 Å². The Balaban J connectivity index is 2.69. The molecule has 0 amide bonds. The van der Waals surface area contributed by atoms with E-state index in [0.29, 0.717) is 5.92 Å². The third kappa shape index (κ3) is 3.46. The Labute approximate surface area is 98.3 Å². The smallest absolute Gasteiger partial charge is 0.323 e. The number of hydrogen-bond acceptors (Lipinski definition) is 4. The third-order valence-corrected chi connectivity index (χ3v) is 3.39. The van der Waals surface area contributed by atoms with E-state index in [0.717, 1.165) is 39.0 Å². The van der Waals surface area contributed by atoms with Crippen molar-refractivity contribution in [3.63, 3.8) is 0 Å². The van der Waals surface area contributed by atoms with Gasteiger partial charge in [-0.2, -0.15) is 0 Å². The summed E-state index contributed by atoms with van der Waals surface area (Å²) in [5.74, 6) is 0.266. The lowest BCUT2D eigenvalue weighted by atomic mass is 9.97. The van der Waals surface area contributed by atoms with Crippen LogP contribution in [0.2, 0.25) is 0 Å². The number of nitrogens with zero attached hydrogens (tertiary/aromatic N) is 1. The van der Waals surface area contributed by atoms with E-state index in [4.69, 9.17) is 4.74 Å². The normalized spacial score (nSPS) is 22.2. The fourth-order valence-electron chi connectivity index (χ4n) is 2.23. The van der Waals surface area contributed by atoms with E-state index in [9.17, 15) is 4.79 Å². The number of methoxy groups -OCH3 is 1. The SMILES string of the molecule is CCC(C)C(C(=O)OC)N1CCCNCC1. The van der Waals surface area contributed by atoms with Crippen molar-refractivity contribution in [1.29, 1.82) is 0 Å². The zero-order chi connectivity index (χ0) is 12.0. The Kier molecular flexibility index (Phi) is 5.77. The lowest BCUT2D eigenvalue weighted by Gasteiger charge is -2.32. The third-order valence-electron chi connectivity index (χ3n) is 3.39. The molecule has 1 fully saturated rings. The largest absolute Gasteiger partial charge is 0.468 e. The predicted molar refractivity (Wildman–Crippen MR) is 64.3 cm³/mol. The van der Waals surface area contributed by atoms with Crippen LogP contribution in [0, 0.1) is 5.92 Å². The first-order valence-corrected chi connectivity index (χ1v) is 6.23. The molecule has 4 heteroatoms. The first-order chi connectivity index (χ1) is 7.70. The summed E-state index contributed by atoms with van der Waals surface area (Å²) >= 11 is 0. The molecule has 94 valence electrons. The standard InChI is InChI=1S/C12H24N2O2/c1-4-10(2)11(12(15)16-3)14-8-5-6-13-7-9-14/h10-11,13H,4-9H2,1-3H3. The van der Waals surface area contributed by atoms with E-state index in [-0.39, 0.29) is 12.0 Å². The van der Waals surface area contributed by atoms with Crippen molar-refractivity contribution in [3.8, 4) is 0 Å². The van der Waals surface area contributed by atoms with Crippen molar-refractivity contribution in [2.75, 3.05) is 33.3 Å². The molecular weight excluding hydrogens is 204 g/mol. The Morgan fingerprint density at radius 1 is 1.44 bits per heavy atom. The van der Waals surface area contributed by atoms with Crippen molar-refractivity contribution >= 4 is 5.97 Å². The Morgan fingerprint density at radius 2 is 2.19 bits per heavy atom. The molecular formula is C12H24N2O2. The average Bonchev–Trinajstić information content (AvgIpc) is 2.57. The molecule has 1 N–H and O–H groups in total.